The summed E-state index contributed by atoms with van der Waals surface area (Å²) in [5.41, 5.74) is -0.239. The number of amides is 2. The number of hydrogen-bond acceptors (Lipinski definition) is 3. The molecule has 5 nitrogen and oxygen atoms in total. The summed E-state index contributed by atoms with van der Waals surface area (Å²) < 4.78 is 5.67. The summed E-state index contributed by atoms with van der Waals surface area (Å²) in [5.74, 6) is -0.474. The number of para-hydroxylation sites is 1. The number of carbonyl (C=O) groups is 2. The van der Waals surface area contributed by atoms with E-state index in [-0.39, 0.29) is 11.8 Å². The number of nitrogens with one attached hydrogen (secondary N) is 2. The van der Waals surface area contributed by atoms with Gasteiger partial charge in [0.1, 0.15) is 5.41 Å². The third-order valence-corrected chi connectivity index (χ3v) is 4.02. The van der Waals surface area contributed by atoms with Crippen molar-refractivity contribution in [2.75, 3.05) is 25.6 Å². The minimum atomic E-state index is -0.914. The first-order valence-electron chi connectivity index (χ1n) is 6.43. The first kappa shape index (κ1) is 15.0. The van der Waals surface area contributed by atoms with Crippen molar-refractivity contribution in [3.05, 3.63) is 28.7 Å². The van der Waals surface area contributed by atoms with E-state index in [2.05, 4.69) is 26.6 Å². The van der Waals surface area contributed by atoms with E-state index >= 15 is 0 Å². The summed E-state index contributed by atoms with van der Waals surface area (Å²) in [4.78, 5) is 24.4. The van der Waals surface area contributed by atoms with E-state index in [0.717, 1.165) is 4.47 Å². The number of anilines is 1. The predicted octanol–water partition coefficient (Wildman–Crippen LogP) is 1.93. The van der Waals surface area contributed by atoms with Crippen molar-refractivity contribution in [2.45, 2.75) is 12.8 Å². The van der Waals surface area contributed by atoms with E-state index in [1.54, 1.807) is 13.2 Å². The zero-order valence-corrected chi connectivity index (χ0v) is 12.8. The Morgan fingerprint density at radius 1 is 1.30 bits per heavy atom. The fourth-order valence-electron chi connectivity index (χ4n) is 1.92. The first-order valence-corrected chi connectivity index (χ1v) is 7.23. The third-order valence-electron chi connectivity index (χ3n) is 3.33. The molecule has 6 heteroatoms. The molecule has 0 radical (unpaired) electrons. The molecule has 2 N–H and O–H groups in total. The SMILES string of the molecule is COCCNC(=O)C1(C(=O)Nc2ccccc2Br)CC1. The van der Waals surface area contributed by atoms with E-state index in [1.807, 2.05) is 18.2 Å². The Labute approximate surface area is 126 Å². The van der Waals surface area contributed by atoms with Crippen molar-refractivity contribution in [3.8, 4) is 0 Å². The summed E-state index contributed by atoms with van der Waals surface area (Å²) >= 11 is 3.37. The van der Waals surface area contributed by atoms with Gasteiger partial charge in [0.05, 0.1) is 12.3 Å². The van der Waals surface area contributed by atoms with E-state index in [4.69, 9.17) is 4.74 Å². The van der Waals surface area contributed by atoms with Crippen LogP contribution >= 0.6 is 15.9 Å². The van der Waals surface area contributed by atoms with Gasteiger partial charge in [0, 0.05) is 18.1 Å². The highest BCUT2D eigenvalue weighted by Crippen LogP contribution is 2.47. The summed E-state index contributed by atoms with van der Waals surface area (Å²) in [7, 11) is 1.57. The van der Waals surface area contributed by atoms with Crippen LogP contribution in [0.4, 0.5) is 5.69 Å². The number of ether oxygens (including phenoxy) is 1. The maximum absolute atomic E-state index is 12.3. The zero-order valence-electron chi connectivity index (χ0n) is 11.2. The van der Waals surface area contributed by atoms with Gasteiger partial charge in [-0.1, -0.05) is 12.1 Å². The van der Waals surface area contributed by atoms with Gasteiger partial charge in [-0.25, -0.2) is 0 Å². The molecule has 1 saturated carbocycles. The molecule has 1 aromatic carbocycles. The second kappa shape index (κ2) is 6.37. The lowest BCUT2D eigenvalue weighted by Gasteiger charge is -2.16. The zero-order chi connectivity index (χ0) is 14.6. The normalized spacial score (nSPS) is 15.5. The molecule has 1 fully saturated rings. The van der Waals surface area contributed by atoms with E-state index < -0.39 is 5.41 Å². The molecule has 0 heterocycles. The lowest BCUT2D eigenvalue weighted by atomic mass is 10.1. The van der Waals surface area contributed by atoms with E-state index in [0.29, 0.717) is 31.7 Å². The average molecular weight is 341 g/mol. The molecule has 0 aliphatic heterocycles. The van der Waals surface area contributed by atoms with Gasteiger partial charge < -0.3 is 15.4 Å². The van der Waals surface area contributed by atoms with Gasteiger partial charge in [-0.15, -0.1) is 0 Å². The average Bonchev–Trinajstić information content (AvgIpc) is 3.23. The number of methoxy groups -OCH3 is 1. The maximum atomic E-state index is 12.3. The van der Waals surface area contributed by atoms with Crippen molar-refractivity contribution >= 4 is 33.4 Å². The molecule has 2 amide bonds. The highest BCUT2D eigenvalue weighted by molar-refractivity contribution is 9.10. The lowest BCUT2D eigenvalue weighted by molar-refractivity contribution is -0.134. The van der Waals surface area contributed by atoms with Crippen LogP contribution in [-0.2, 0) is 14.3 Å². The number of hydrogen-bond donors (Lipinski definition) is 2. The summed E-state index contributed by atoms with van der Waals surface area (Å²) in [6.07, 6.45) is 1.17. The Balaban J connectivity index is 1.98. The Morgan fingerprint density at radius 2 is 2.00 bits per heavy atom. The minimum Gasteiger partial charge on any atom is -0.383 e. The molecule has 0 aromatic heterocycles. The van der Waals surface area contributed by atoms with Gasteiger partial charge in [-0.05, 0) is 40.9 Å². The molecule has 1 aliphatic carbocycles. The molecule has 1 aromatic rings. The van der Waals surface area contributed by atoms with Crippen LogP contribution in [0.15, 0.2) is 28.7 Å². The van der Waals surface area contributed by atoms with Crippen molar-refractivity contribution < 1.29 is 14.3 Å². The molecule has 2 rings (SSSR count). The maximum Gasteiger partial charge on any atom is 0.240 e. The fourth-order valence-corrected chi connectivity index (χ4v) is 2.31. The number of rotatable bonds is 6. The third kappa shape index (κ3) is 3.19. The minimum absolute atomic E-state index is 0.223. The van der Waals surface area contributed by atoms with Gasteiger partial charge in [0.15, 0.2) is 0 Å². The van der Waals surface area contributed by atoms with Crippen molar-refractivity contribution in [1.29, 1.82) is 0 Å². The molecule has 0 unspecified atom stereocenters. The quantitative estimate of drug-likeness (QED) is 0.614. The van der Waals surface area contributed by atoms with Crippen LogP contribution in [0.25, 0.3) is 0 Å². The smallest absolute Gasteiger partial charge is 0.240 e. The summed E-state index contributed by atoms with van der Waals surface area (Å²) in [5, 5.41) is 5.54. The number of benzene rings is 1. The molecule has 0 spiro atoms. The number of carbonyl (C=O) groups excluding carboxylic acids is 2. The Kier molecular flexibility index (Phi) is 4.77. The molecule has 108 valence electrons. The lowest BCUT2D eigenvalue weighted by Crippen LogP contribution is -2.41. The molecular formula is C14H17BrN2O3. The van der Waals surface area contributed by atoms with E-state index in [1.165, 1.54) is 0 Å². The van der Waals surface area contributed by atoms with Crippen LogP contribution in [0.3, 0.4) is 0 Å². The monoisotopic (exact) mass is 340 g/mol. The van der Waals surface area contributed by atoms with Crippen LogP contribution in [0.5, 0.6) is 0 Å². The van der Waals surface area contributed by atoms with Gasteiger partial charge in [-0.3, -0.25) is 9.59 Å². The molecule has 0 bridgehead atoms. The van der Waals surface area contributed by atoms with Crippen molar-refractivity contribution in [3.63, 3.8) is 0 Å². The second-order valence-electron chi connectivity index (χ2n) is 4.76. The van der Waals surface area contributed by atoms with Crippen LogP contribution in [-0.4, -0.2) is 32.1 Å². The Hall–Kier alpha value is -1.40. The fraction of sp³-hybridized carbons (Fsp3) is 0.429. The largest absolute Gasteiger partial charge is 0.383 e. The second-order valence-corrected chi connectivity index (χ2v) is 5.62. The highest BCUT2D eigenvalue weighted by Gasteiger charge is 2.56. The summed E-state index contributed by atoms with van der Waals surface area (Å²) in [6, 6.07) is 7.33. The van der Waals surface area contributed by atoms with Crippen LogP contribution in [0.1, 0.15) is 12.8 Å². The predicted molar refractivity (Wildman–Crippen MR) is 79.3 cm³/mol. The van der Waals surface area contributed by atoms with Crippen LogP contribution in [0.2, 0.25) is 0 Å². The standard InChI is InChI=1S/C14H17BrN2O3/c1-20-9-8-16-12(18)14(6-7-14)13(19)17-11-5-3-2-4-10(11)15/h2-5H,6-9H2,1H3,(H,16,18)(H,17,19). The highest BCUT2D eigenvalue weighted by atomic mass is 79.9. The molecule has 20 heavy (non-hydrogen) atoms. The Bertz CT molecular complexity index is 515. The molecule has 1 aliphatic rings. The van der Waals surface area contributed by atoms with Crippen molar-refractivity contribution in [1.82, 2.24) is 5.32 Å². The van der Waals surface area contributed by atoms with Gasteiger partial charge in [-0.2, -0.15) is 0 Å². The van der Waals surface area contributed by atoms with Gasteiger partial charge >= 0.3 is 0 Å². The number of halogens is 1. The first-order chi connectivity index (χ1) is 9.60. The van der Waals surface area contributed by atoms with E-state index in [9.17, 15) is 9.59 Å². The summed E-state index contributed by atoms with van der Waals surface area (Å²) in [6.45, 7) is 0.854. The van der Waals surface area contributed by atoms with Crippen LogP contribution < -0.4 is 10.6 Å². The molecular weight excluding hydrogens is 324 g/mol. The molecule has 0 atom stereocenters. The topological polar surface area (TPSA) is 67.4 Å². The Morgan fingerprint density at radius 3 is 2.60 bits per heavy atom. The van der Waals surface area contributed by atoms with Crippen LogP contribution in [0, 0.1) is 5.41 Å². The van der Waals surface area contributed by atoms with Gasteiger partial charge in [0.2, 0.25) is 11.8 Å². The van der Waals surface area contributed by atoms with Crippen molar-refractivity contribution in [2.24, 2.45) is 5.41 Å². The van der Waals surface area contributed by atoms with Gasteiger partial charge in [0.25, 0.3) is 0 Å². The molecule has 0 saturated heterocycles.